The van der Waals surface area contributed by atoms with Crippen LogP contribution in [0.2, 0.25) is 0 Å². The van der Waals surface area contributed by atoms with Gasteiger partial charge in [0.2, 0.25) is 0 Å². The lowest BCUT2D eigenvalue weighted by Crippen LogP contribution is -2.46. The van der Waals surface area contributed by atoms with Crippen molar-refractivity contribution in [3.05, 3.63) is 0 Å². The van der Waals surface area contributed by atoms with E-state index in [1.807, 2.05) is 0 Å². The summed E-state index contributed by atoms with van der Waals surface area (Å²) in [6.45, 7) is 4.71. The molecule has 1 fully saturated rings. The Labute approximate surface area is 92.4 Å². The minimum atomic E-state index is -3.28. The molecule has 0 radical (unpaired) electrons. The third kappa shape index (κ3) is 4.46. The van der Waals surface area contributed by atoms with E-state index in [-0.39, 0.29) is 6.04 Å². The molecule has 1 unspecified atom stereocenters. The van der Waals surface area contributed by atoms with E-state index in [0.717, 1.165) is 13.1 Å². The normalized spacial score (nSPS) is 21.5. The molecule has 1 rings (SSSR count). The van der Waals surface area contributed by atoms with Gasteiger partial charge in [-0.2, -0.15) is 8.42 Å². The summed E-state index contributed by atoms with van der Waals surface area (Å²) >= 11 is 0. The molecule has 1 heterocycles. The van der Waals surface area contributed by atoms with Crippen LogP contribution in [0.5, 0.6) is 0 Å². The average molecular weight is 235 g/mol. The fourth-order valence-electron chi connectivity index (χ4n) is 1.79. The van der Waals surface area contributed by atoms with Crippen molar-refractivity contribution in [2.45, 2.75) is 32.2 Å². The van der Waals surface area contributed by atoms with E-state index in [2.05, 4.69) is 21.3 Å². The third-order valence-corrected chi connectivity index (χ3v) is 3.94. The van der Waals surface area contributed by atoms with Crippen LogP contribution >= 0.6 is 0 Å². The molecule has 90 valence electrons. The molecule has 1 aliphatic rings. The van der Waals surface area contributed by atoms with Gasteiger partial charge in [0.25, 0.3) is 10.2 Å². The Morgan fingerprint density at radius 1 is 1.27 bits per heavy atom. The van der Waals surface area contributed by atoms with Gasteiger partial charge in [0.15, 0.2) is 0 Å². The Morgan fingerprint density at radius 3 is 2.40 bits per heavy atom. The third-order valence-electron chi connectivity index (χ3n) is 2.85. The quantitative estimate of drug-likeness (QED) is 0.700. The van der Waals surface area contributed by atoms with E-state index in [4.69, 9.17) is 0 Å². The molecule has 6 heteroatoms. The molecule has 2 N–H and O–H groups in total. The van der Waals surface area contributed by atoms with Gasteiger partial charge in [-0.05, 0) is 32.9 Å². The van der Waals surface area contributed by atoms with Crippen LogP contribution in [0.15, 0.2) is 0 Å². The number of likely N-dealkylation sites (tertiary alicyclic amines) is 1. The van der Waals surface area contributed by atoms with Gasteiger partial charge in [0.05, 0.1) is 0 Å². The highest BCUT2D eigenvalue weighted by Crippen LogP contribution is 2.11. The number of nitrogens with zero attached hydrogens (tertiary/aromatic N) is 1. The lowest BCUT2D eigenvalue weighted by molar-refractivity contribution is 0.175. The molecule has 1 saturated heterocycles. The van der Waals surface area contributed by atoms with Crippen LogP contribution in [0, 0.1) is 0 Å². The SMILES string of the molecule is CNS(=O)(=O)NCC(C)N1CCCCC1. The van der Waals surface area contributed by atoms with Gasteiger partial charge in [-0.25, -0.2) is 9.44 Å². The van der Waals surface area contributed by atoms with Crippen molar-refractivity contribution < 1.29 is 8.42 Å². The zero-order valence-electron chi connectivity index (χ0n) is 9.49. The molecular formula is C9H21N3O2S. The summed E-state index contributed by atoms with van der Waals surface area (Å²) < 4.78 is 27.1. The second kappa shape index (κ2) is 5.79. The number of piperidine rings is 1. The number of rotatable bonds is 5. The van der Waals surface area contributed by atoms with Crippen molar-refractivity contribution in [3.8, 4) is 0 Å². The first kappa shape index (κ1) is 12.9. The van der Waals surface area contributed by atoms with Gasteiger partial charge in [0, 0.05) is 19.6 Å². The van der Waals surface area contributed by atoms with Gasteiger partial charge < -0.3 is 0 Å². The zero-order valence-corrected chi connectivity index (χ0v) is 10.3. The van der Waals surface area contributed by atoms with E-state index in [0.29, 0.717) is 6.54 Å². The highest BCUT2D eigenvalue weighted by Gasteiger charge is 2.17. The molecule has 1 aliphatic heterocycles. The smallest absolute Gasteiger partial charge is 0.276 e. The summed E-state index contributed by atoms with van der Waals surface area (Å²) in [6, 6.07) is 0.272. The summed E-state index contributed by atoms with van der Waals surface area (Å²) in [5, 5.41) is 0. The molecule has 0 spiro atoms. The molecule has 0 aliphatic carbocycles. The lowest BCUT2D eigenvalue weighted by atomic mass is 10.1. The van der Waals surface area contributed by atoms with Gasteiger partial charge in [-0.15, -0.1) is 0 Å². The van der Waals surface area contributed by atoms with E-state index >= 15 is 0 Å². The minimum Gasteiger partial charge on any atom is -0.299 e. The van der Waals surface area contributed by atoms with Crippen molar-refractivity contribution in [1.29, 1.82) is 0 Å². The molecule has 0 amide bonds. The molecule has 5 nitrogen and oxygen atoms in total. The molecule has 0 aromatic heterocycles. The van der Waals surface area contributed by atoms with E-state index in [1.165, 1.54) is 26.3 Å². The van der Waals surface area contributed by atoms with Crippen LogP contribution in [0.4, 0.5) is 0 Å². The van der Waals surface area contributed by atoms with Crippen molar-refractivity contribution >= 4 is 10.2 Å². The fourth-order valence-corrected chi connectivity index (χ4v) is 2.40. The number of nitrogens with one attached hydrogen (secondary N) is 2. The topological polar surface area (TPSA) is 61.4 Å². The Balaban J connectivity index is 2.31. The van der Waals surface area contributed by atoms with Gasteiger partial charge in [0.1, 0.15) is 0 Å². The number of hydrogen-bond acceptors (Lipinski definition) is 3. The predicted octanol–water partition coefficient (Wildman–Crippen LogP) is -0.0854. The van der Waals surface area contributed by atoms with Crippen molar-refractivity contribution in [3.63, 3.8) is 0 Å². The van der Waals surface area contributed by atoms with Crippen molar-refractivity contribution in [2.24, 2.45) is 0 Å². The molecule has 15 heavy (non-hydrogen) atoms. The maximum atomic E-state index is 11.1. The first-order chi connectivity index (χ1) is 7.05. The summed E-state index contributed by atoms with van der Waals surface area (Å²) in [6.07, 6.45) is 3.75. The van der Waals surface area contributed by atoms with E-state index in [1.54, 1.807) is 0 Å². The summed E-state index contributed by atoms with van der Waals surface area (Å²) in [4.78, 5) is 2.34. The largest absolute Gasteiger partial charge is 0.299 e. The molecule has 0 saturated carbocycles. The van der Waals surface area contributed by atoms with Gasteiger partial charge in [-0.1, -0.05) is 6.42 Å². The van der Waals surface area contributed by atoms with Crippen molar-refractivity contribution in [2.75, 3.05) is 26.7 Å². The van der Waals surface area contributed by atoms with Gasteiger partial charge in [-0.3, -0.25) is 4.90 Å². The predicted molar refractivity (Wildman–Crippen MR) is 60.9 cm³/mol. The van der Waals surface area contributed by atoms with Crippen LogP contribution in [-0.2, 0) is 10.2 Å². The van der Waals surface area contributed by atoms with Crippen LogP contribution < -0.4 is 9.44 Å². The molecular weight excluding hydrogens is 214 g/mol. The zero-order chi connectivity index (χ0) is 11.3. The van der Waals surface area contributed by atoms with E-state index in [9.17, 15) is 8.42 Å². The minimum absolute atomic E-state index is 0.272. The molecule has 1 atom stereocenters. The summed E-state index contributed by atoms with van der Waals surface area (Å²) in [5.74, 6) is 0. The highest BCUT2D eigenvalue weighted by molar-refractivity contribution is 7.87. The second-order valence-electron chi connectivity index (χ2n) is 4.00. The summed E-state index contributed by atoms with van der Waals surface area (Å²) in [5.41, 5.74) is 0. The monoisotopic (exact) mass is 235 g/mol. The summed E-state index contributed by atoms with van der Waals surface area (Å²) in [7, 11) is -1.87. The molecule has 0 aromatic rings. The average Bonchev–Trinajstić information content (AvgIpc) is 2.27. The Morgan fingerprint density at radius 2 is 1.87 bits per heavy atom. The Bertz CT molecular complexity index is 273. The number of hydrogen-bond donors (Lipinski definition) is 2. The van der Waals surface area contributed by atoms with E-state index < -0.39 is 10.2 Å². The first-order valence-corrected chi connectivity index (χ1v) is 6.95. The van der Waals surface area contributed by atoms with Gasteiger partial charge >= 0.3 is 0 Å². The standard InChI is InChI=1S/C9H21N3O2S/c1-9(8-11-15(13,14)10-2)12-6-4-3-5-7-12/h9-11H,3-8H2,1-2H3. The Kier molecular flexibility index (Phi) is 4.98. The van der Waals surface area contributed by atoms with Crippen LogP contribution in [0.25, 0.3) is 0 Å². The molecule has 0 bridgehead atoms. The fraction of sp³-hybridized carbons (Fsp3) is 1.00. The van der Waals surface area contributed by atoms with Crippen LogP contribution in [0.1, 0.15) is 26.2 Å². The van der Waals surface area contributed by atoms with Crippen LogP contribution in [-0.4, -0.2) is 46.0 Å². The van der Waals surface area contributed by atoms with Crippen LogP contribution in [0.3, 0.4) is 0 Å². The lowest BCUT2D eigenvalue weighted by Gasteiger charge is -2.32. The second-order valence-corrected chi connectivity index (χ2v) is 5.71. The molecule has 0 aromatic carbocycles. The maximum absolute atomic E-state index is 11.1. The maximum Gasteiger partial charge on any atom is 0.276 e. The first-order valence-electron chi connectivity index (χ1n) is 5.47. The highest BCUT2D eigenvalue weighted by atomic mass is 32.2. The van der Waals surface area contributed by atoms with Crippen molar-refractivity contribution in [1.82, 2.24) is 14.3 Å². The Hall–Kier alpha value is -0.170.